The number of nitrogens with one attached hydrogen (secondary N) is 2. The van der Waals surface area contributed by atoms with Gasteiger partial charge >= 0.3 is 0 Å². The van der Waals surface area contributed by atoms with E-state index in [-0.39, 0.29) is 0 Å². The van der Waals surface area contributed by atoms with Crippen LogP contribution in [-0.4, -0.2) is 19.9 Å². The van der Waals surface area contributed by atoms with Gasteiger partial charge in [-0.05, 0) is 48.9 Å². The van der Waals surface area contributed by atoms with Gasteiger partial charge in [0, 0.05) is 23.6 Å². The molecule has 0 atom stereocenters. The van der Waals surface area contributed by atoms with Crippen molar-refractivity contribution >= 4 is 34.3 Å². The zero-order valence-electron chi connectivity index (χ0n) is 13.8. The summed E-state index contributed by atoms with van der Waals surface area (Å²) in [5, 5.41) is 12.6. The molecule has 0 saturated heterocycles. The van der Waals surface area contributed by atoms with Gasteiger partial charge in [-0.3, -0.25) is 0 Å². The van der Waals surface area contributed by atoms with E-state index < -0.39 is 0 Å². The van der Waals surface area contributed by atoms with Crippen LogP contribution in [-0.2, 0) is 0 Å². The Bertz CT molecular complexity index is 1140. The van der Waals surface area contributed by atoms with Gasteiger partial charge in [-0.15, -0.1) is 0 Å². The van der Waals surface area contributed by atoms with E-state index in [0.717, 1.165) is 22.3 Å². The number of benzene rings is 1. The molecule has 126 valence electrons. The van der Waals surface area contributed by atoms with Crippen molar-refractivity contribution in [1.82, 2.24) is 19.9 Å². The van der Waals surface area contributed by atoms with Gasteiger partial charge in [0.05, 0.1) is 16.1 Å². The monoisotopic (exact) mass is 360 g/mol. The van der Waals surface area contributed by atoms with Crippen LogP contribution in [0.15, 0.2) is 48.8 Å². The molecule has 26 heavy (non-hydrogen) atoms. The third-order valence-electron chi connectivity index (χ3n) is 3.86. The van der Waals surface area contributed by atoms with Crippen molar-refractivity contribution in [2.75, 3.05) is 5.32 Å². The maximum atomic E-state index is 8.85. The van der Waals surface area contributed by atoms with Crippen LogP contribution in [0.2, 0.25) is 5.02 Å². The predicted molar refractivity (Wildman–Crippen MR) is 101 cm³/mol. The van der Waals surface area contributed by atoms with Crippen LogP contribution < -0.4 is 5.32 Å². The number of H-pyrrole nitrogens is 1. The summed E-state index contributed by atoms with van der Waals surface area (Å²) >= 11 is 6.37. The van der Waals surface area contributed by atoms with Crippen LogP contribution in [0.3, 0.4) is 0 Å². The number of rotatable bonds is 3. The fourth-order valence-electron chi connectivity index (χ4n) is 2.60. The Morgan fingerprint density at radius 2 is 2.00 bits per heavy atom. The van der Waals surface area contributed by atoms with Crippen molar-refractivity contribution in [1.29, 1.82) is 5.26 Å². The molecule has 0 bridgehead atoms. The van der Waals surface area contributed by atoms with E-state index in [0.29, 0.717) is 27.9 Å². The van der Waals surface area contributed by atoms with E-state index in [9.17, 15) is 0 Å². The molecule has 2 N–H and O–H groups in total. The average molecular weight is 361 g/mol. The van der Waals surface area contributed by atoms with Crippen molar-refractivity contribution in [3.63, 3.8) is 0 Å². The lowest BCUT2D eigenvalue weighted by Crippen LogP contribution is -1.94. The van der Waals surface area contributed by atoms with Crippen LogP contribution in [0.1, 0.15) is 11.1 Å². The summed E-state index contributed by atoms with van der Waals surface area (Å²) in [6.07, 6.45) is 3.30. The van der Waals surface area contributed by atoms with Gasteiger partial charge in [0.1, 0.15) is 17.7 Å². The molecule has 6 nitrogen and oxygen atoms in total. The topological polar surface area (TPSA) is 90.3 Å². The Hall–Kier alpha value is -3.43. The minimum Gasteiger partial charge on any atom is -0.340 e. The normalized spacial score (nSPS) is 10.7. The Morgan fingerprint density at radius 1 is 1.12 bits per heavy atom. The van der Waals surface area contributed by atoms with Crippen molar-refractivity contribution in [2.45, 2.75) is 6.92 Å². The molecule has 4 rings (SSSR count). The van der Waals surface area contributed by atoms with E-state index in [1.807, 2.05) is 31.2 Å². The van der Waals surface area contributed by atoms with Crippen molar-refractivity contribution in [2.24, 2.45) is 0 Å². The van der Waals surface area contributed by atoms with Crippen LogP contribution in [0.25, 0.3) is 22.6 Å². The third kappa shape index (κ3) is 3.08. The summed E-state index contributed by atoms with van der Waals surface area (Å²) < 4.78 is 0. The predicted octanol–water partition coefficient (Wildman–Crippen LogP) is 4.60. The fourth-order valence-corrected chi connectivity index (χ4v) is 2.81. The van der Waals surface area contributed by atoms with Crippen LogP contribution in [0.5, 0.6) is 0 Å². The highest BCUT2D eigenvalue weighted by atomic mass is 35.5. The molecule has 0 fully saturated rings. The van der Waals surface area contributed by atoms with Gasteiger partial charge in [-0.2, -0.15) is 5.26 Å². The Kier molecular flexibility index (Phi) is 3.99. The summed E-state index contributed by atoms with van der Waals surface area (Å²) in [6, 6.07) is 13.1. The quantitative estimate of drug-likeness (QED) is 0.557. The number of nitriles is 1. The molecule has 0 radical (unpaired) electrons. The first-order chi connectivity index (χ1) is 12.6. The zero-order chi connectivity index (χ0) is 18.1. The molecule has 4 aromatic rings. The average Bonchev–Trinajstić information content (AvgIpc) is 3.07. The highest BCUT2D eigenvalue weighted by molar-refractivity contribution is 6.33. The summed E-state index contributed by atoms with van der Waals surface area (Å²) in [6.45, 7) is 1.98. The fraction of sp³-hybridized carbons (Fsp3) is 0.0526. The first-order valence-electron chi connectivity index (χ1n) is 7.88. The lowest BCUT2D eigenvalue weighted by Gasteiger charge is -2.08. The molecule has 3 heterocycles. The molecule has 0 saturated carbocycles. The standard InChI is InChI=1S/C19H13ClN6/c1-11-6-16-19(23-9-11)26-18(25-16)14-7-13(3-4-15(14)20)24-17-5-2-12(8-21)10-22-17/h2-7,9-10H,1H3,(H,22,24)(H,23,25,26). The lowest BCUT2D eigenvalue weighted by atomic mass is 10.2. The van der Waals surface area contributed by atoms with Gasteiger partial charge in [0.15, 0.2) is 5.65 Å². The van der Waals surface area contributed by atoms with Crippen LogP contribution >= 0.6 is 11.6 Å². The first-order valence-corrected chi connectivity index (χ1v) is 8.25. The lowest BCUT2D eigenvalue weighted by molar-refractivity contribution is 1.27. The number of nitrogens with zero attached hydrogens (tertiary/aromatic N) is 4. The molecule has 3 aromatic heterocycles. The minimum atomic E-state index is 0.511. The number of anilines is 2. The van der Waals surface area contributed by atoms with Gasteiger partial charge < -0.3 is 10.3 Å². The summed E-state index contributed by atoms with van der Waals surface area (Å²) in [7, 11) is 0. The Balaban J connectivity index is 1.69. The highest BCUT2D eigenvalue weighted by Gasteiger charge is 2.11. The second-order valence-electron chi connectivity index (χ2n) is 5.83. The maximum absolute atomic E-state index is 8.85. The third-order valence-corrected chi connectivity index (χ3v) is 4.19. The number of pyridine rings is 2. The molecule has 0 unspecified atom stereocenters. The number of hydrogen-bond donors (Lipinski definition) is 2. The minimum absolute atomic E-state index is 0.511. The highest BCUT2D eigenvalue weighted by Crippen LogP contribution is 2.31. The number of fused-ring (bicyclic) bond motifs is 1. The molecule has 1 aromatic carbocycles. The summed E-state index contributed by atoms with van der Waals surface area (Å²) in [5.41, 5.74) is 4.66. The molecule has 0 aliphatic rings. The van der Waals surface area contributed by atoms with E-state index in [4.69, 9.17) is 16.9 Å². The number of imidazole rings is 1. The zero-order valence-corrected chi connectivity index (χ0v) is 14.5. The summed E-state index contributed by atoms with van der Waals surface area (Å²) in [5.74, 6) is 1.29. The van der Waals surface area contributed by atoms with Crippen molar-refractivity contribution < 1.29 is 0 Å². The largest absolute Gasteiger partial charge is 0.340 e. The Labute approximate surface area is 154 Å². The van der Waals surface area contributed by atoms with Crippen LogP contribution in [0, 0.1) is 18.3 Å². The van der Waals surface area contributed by atoms with Crippen molar-refractivity contribution in [3.8, 4) is 17.5 Å². The number of hydrogen-bond acceptors (Lipinski definition) is 5. The molecule has 0 amide bonds. The molecular weight excluding hydrogens is 348 g/mol. The first kappa shape index (κ1) is 16.1. The van der Waals surface area contributed by atoms with Gasteiger partial charge in [0.2, 0.25) is 0 Å². The molecule has 0 aliphatic carbocycles. The van der Waals surface area contributed by atoms with Crippen LogP contribution in [0.4, 0.5) is 11.5 Å². The van der Waals surface area contributed by atoms with Gasteiger partial charge in [-0.1, -0.05) is 11.6 Å². The van der Waals surface area contributed by atoms with E-state index in [1.165, 1.54) is 6.20 Å². The molecule has 7 heteroatoms. The second kappa shape index (κ2) is 6.47. The van der Waals surface area contributed by atoms with Gasteiger partial charge in [0.25, 0.3) is 0 Å². The number of aryl methyl sites for hydroxylation is 1. The number of aromatic amines is 1. The molecular formula is C19H13ClN6. The SMILES string of the molecule is Cc1cnc2nc(-c3cc(Nc4ccc(C#N)cn4)ccc3Cl)[nH]c2c1. The molecule has 0 spiro atoms. The van der Waals surface area contributed by atoms with E-state index >= 15 is 0 Å². The number of halogens is 1. The van der Waals surface area contributed by atoms with Crippen molar-refractivity contribution in [3.05, 3.63) is 64.9 Å². The van der Waals surface area contributed by atoms with E-state index in [1.54, 1.807) is 24.4 Å². The Morgan fingerprint density at radius 3 is 2.77 bits per heavy atom. The molecule has 0 aliphatic heterocycles. The van der Waals surface area contributed by atoms with E-state index in [2.05, 4.69) is 25.3 Å². The summed E-state index contributed by atoms with van der Waals surface area (Å²) in [4.78, 5) is 16.3. The number of aromatic nitrogens is 4. The van der Waals surface area contributed by atoms with Gasteiger partial charge in [-0.25, -0.2) is 15.0 Å². The second-order valence-corrected chi connectivity index (χ2v) is 6.24. The smallest absolute Gasteiger partial charge is 0.178 e. The maximum Gasteiger partial charge on any atom is 0.178 e.